The Morgan fingerprint density at radius 2 is 2.38 bits per heavy atom. The summed E-state index contributed by atoms with van der Waals surface area (Å²) < 4.78 is 0. The molecule has 74 valence electrons. The number of hydrogen-bond acceptors (Lipinski definition) is 2. The molecule has 3 nitrogen and oxygen atoms in total. The monoisotopic (exact) mass is 182 g/mol. The number of carbonyl (C=O) groups is 1. The maximum atomic E-state index is 11.2. The van der Waals surface area contributed by atoms with Crippen LogP contribution in [0.3, 0.4) is 0 Å². The summed E-state index contributed by atoms with van der Waals surface area (Å²) in [5, 5.41) is 0. The summed E-state index contributed by atoms with van der Waals surface area (Å²) in [7, 11) is 2.04. The van der Waals surface area contributed by atoms with Crippen molar-refractivity contribution in [2.45, 2.75) is 32.6 Å². The van der Waals surface area contributed by atoms with Gasteiger partial charge in [-0.05, 0) is 12.8 Å². The fourth-order valence-electron chi connectivity index (χ4n) is 1.53. The first kappa shape index (κ1) is 10.2. The number of carbonyl (C=O) groups excluding carboxylic acids is 1. The molecule has 0 aromatic carbocycles. The van der Waals surface area contributed by atoms with Crippen LogP contribution >= 0.6 is 0 Å². The van der Waals surface area contributed by atoms with E-state index >= 15 is 0 Å². The van der Waals surface area contributed by atoms with Crippen molar-refractivity contribution in [2.75, 3.05) is 20.1 Å². The second kappa shape index (κ2) is 5.00. The molecule has 0 bridgehead atoms. The normalized spacial score (nSPS) is 19.8. The van der Waals surface area contributed by atoms with Gasteiger partial charge in [-0.25, -0.2) is 0 Å². The Morgan fingerprint density at radius 3 is 2.92 bits per heavy atom. The van der Waals surface area contributed by atoms with Crippen LogP contribution in [0, 0.1) is 0 Å². The van der Waals surface area contributed by atoms with Gasteiger partial charge >= 0.3 is 0 Å². The van der Waals surface area contributed by atoms with Crippen molar-refractivity contribution in [1.82, 2.24) is 4.90 Å². The molecule has 0 unspecified atom stereocenters. The Balaban J connectivity index is 2.34. The van der Waals surface area contributed by atoms with Crippen molar-refractivity contribution >= 4 is 11.6 Å². The molecule has 0 saturated carbocycles. The number of aliphatic imine (C=N–C) groups is 1. The quantitative estimate of drug-likeness (QED) is 0.659. The van der Waals surface area contributed by atoms with Gasteiger partial charge in [0.2, 0.25) is 0 Å². The number of hydrogen-bond donors (Lipinski definition) is 0. The number of Topliss-reactive ketones (excluding diaryl/α,β-unsaturated/α-hetero) is 1. The van der Waals surface area contributed by atoms with E-state index < -0.39 is 0 Å². The molecule has 1 heterocycles. The van der Waals surface area contributed by atoms with E-state index in [-0.39, 0.29) is 5.78 Å². The Bertz CT molecular complexity index is 211. The van der Waals surface area contributed by atoms with E-state index in [2.05, 4.69) is 9.89 Å². The average Bonchev–Trinajstić information content (AvgIpc) is 2.48. The van der Waals surface area contributed by atoms with Crippen LogP contribution in [-0.4, -0.2) is 36.7 Å². The van der Waals surface area contributed by atoms with Gasteiger partial charge in [-0.1, -0.05) is 6.92 Å². The van der Waals surface area contributed by atoms with Crippen LogP contribution < -0.4 is 0 Å². The second-order valence-corrected chi connectivity index (χ2v) is 3.55. The van der Waals surface area contributed by atoms with Crippen molar-refractivity contribution < 1.29 is 4.79 Å². The van der Waals surface area contributed by atoms with Gasteiger partial charge in [0.25, 0.3) is 0 Å². The van der Waals surface area contributed by atoms with Crippen LogP contribution in [0.15, 0.2) is 4.99 Å². The molecule has 1 fully saturated rings. The van der Waals surface area contributed by atoms with Crippen molar-refractivity contribution in [2.24, 2.45) is 4.99 Å². The summed E-state index contributed by atoms with van der Waals surface area (Å²) in [6.45, 7) is 3.49. The molecular formula is C10H18N2O. The first-order valence-electron chi connectivity index (χ1n) is 5.00. The standard InChI is InChI=1S/C10H18N2O/c1-3-5-9(13)8-11-10-6-4-7-12(10)2/h3-8H2,1-2H3. The summed E-state index contributed by atoms with van der Waals surface area (Å²) in [6.07, 6.45) is 3.81. The highest BCUT2D eigenvalue weighted by Crippen LogP contribution is 2.08. The van der Waals surface area contributed by atoms with Gasteiger partial charge in [0, 0.05) is 26.4 Å². The van der Waals surface area contributed by atoms with Crippen molar-refractivity contribution in [3.05, 3.63) is 0 Å². The first-order chi connectivity index (χ1) is 6.24. The lowest BCUT2D eigenvalue weighted by Gasteiger charge is -2.10. The van der Waals surface area contributed by atoms with E-state index in [0.717, 1.165) is 25.2 Å². The fraction of sp³-hybridized carbons (Fsp3) is 0.800. The molecule has 0 spiro atoms. The van der Waals surface area contributed by atoms with Crippen LogP contribution in [0.1, 0.15) is 32.6 Å². The molecular weight excluding hydrogens is 164 g/mol. The smallest absolute Gasteiger partial charge is 0.154 e. The number of nitrogens with zero attached hydrogens (tertiary/aromatic N) is 2. The van der Waals surface area contributed by atoms with E-state index in [1.54, 1.807) is 0 Å². The van der Waals surface area contributed by atoms with Crippen LogP contribution in [0.4, 0.5) is 0 Å². The van der Waals surface area contributed by atoms with E-state index in [4.69, 9.17) is 0 Å². The molecule has 0 N–H and O–H groups in total. The summed E-state index contributed by atoms with van der Waals surface area (Å²) in [5.41, 5.74) is 0. The minimum atomic E-state index is 0.260. The van der Waals surface area contributed by atoms with Crippen molar-refractivity contribution in [3.8, 4) is 0 Å². The lowest BCUT2D eigenvalue weighted by Crippen LogP contribution is -2.20. The van der Waals surface area contributed by atoms with Gasteiger partial charge in [0.1, 0.15) is 0 Å². The number of rotatable bonds is 4. The zero-order valence-corrected chi connectivity index (χ0v) is 8.55. The summed E-state index contributed by atoms with van der Waals surface area (Å²) in [6, 6.07) is 0. The largest absolute Gasteiger partial charge is 0.363 e. The van der Waals surface area contributed by atoms with E-state index in [1.807, 2.05) is 14.0 Å². The first-order valence-corrected chi connectivity index (χ1v) is 5.00. The predicted molar refractivity (Wildman–Crippen MR) is 54.1 cm³/mol. The molecule has 13 heavy (non-hydrogen) atoms. The number of likely N-dealkylation sites (tertiary alicyclic amines) is 1. The zero-order valence-electron chi connectivity index (χ0n) is 8.55. The Labute approximate surface area is 79.8 Å². The van der Waals surface area contributed by atoms with E-state index in [9.17, 15) is 4.79 Å². The molecule has 0 aromatic heterocycles. The highest BCUT2D eigenvalue weighted by molar-refractivity contribution is 5.88. The maximum absolute atomic E-state index is 11.2. The highest BCUT2D eigenvalue weighted by atomic mass is 16.1. The fourth-order valence-corrected chi connectivity index (χ4v) is 1.53. The molecule has 0 aromatic rings. The van der Waals surface area contributed by atoms with Gasteiger partial charge in [-0.15, -0.1) is 0 Å². The Kier molecular flexibility index (Phi) is 3.93. The highest BCUT2D eigenvalue weighted by Gasteiger charge is 2.13. The van der Waals surface area contributed by atoms with Gasteiger partial charge in [0.05, 0.1) is 12.4 Å². The number of ketones is 1. The molecule has 1 aliphatic heterocycles. The zero-order chi connectivity index (χ0) is 9.68. The van der Waals surface area contributed by atoms with Gasteiger partial charge in [-0.3, -0.25) is 9.79 Å². The molecule has 0 amide bonds. The minimum Gasteiger partial charge on any atom is -0.363 e. The van der Waals surface area contributed by atoms with E-state index in [1.165, 1.54) is 6.42 Å². The van der Waals surface area contributed by atoms with Gasteiger partial charge < -0.3 is 4.90 Å². The average molecular weight is 182 g/mol. The van der Waals surface area contributed by atoms with E-state index in [0.29, 0.717) is 13.0 Å². The molecule has 0 radical (unpaired) electrons. The predicted octanol–water partition coefficient (Wildman–Crippen LogP) is 1.48. The summed E-state index contributed by atoms with van der Waals surface area (Å²) >= 11 is 0. The van der Waals surface area contributed by atoms with Crippen molar-refractivity contribution in [1.29, 1.82) is 0 Å². The van der Waals surface area contributed by atoms with Crippen LogP contribution in [0.25, 0.3) is 0 Å². The van der Waals surface area contributed by atoms with Crippen LogP contribution in [-0.2, 0) is 4.79 Å². The third kappa shape index (κ3) is 3.17. The molecule has 0 aliphatic carbocycles. The third-order valence-electron chi connectivity index (χ3n) is 2.30. The lowest BCUT2D eigenvalue weighted by atomic mass is 10.2. The topological polar surface area (TPSA) is 32.7 Å². The third-order valence-corrected chi connectivity index (χ3v) is 2.30. The molecule has 3 heteroatoms. The maximum Gasteiger partial charge on any atom is 0.154 e. The van der Waals surface area contributed by atoms with Crippen molar-refractivity contribution in [3.63, 3.8) is 0 Å². The summed E-state index contributed by atoms with van der Waals surface area (Å²) in [4.78, 5) is 17.6. The Morgan fingerprint density at radius 1 is 1.62 bits per heavy atom. The lowest BCUT2D eigenvalue weighted by molar-refractivity contribution is -0.117. The SMILES string of the molecule is CCCC(=O)CN=C1CCCN1C. The van der Waals surface area contributed by atoms with Gasteiger partial charge in [-0.2, -0.15) is 0 Å². The molecule has 0 atom stereocenters. The number of amidine groups is 1. The molecule has 1 rings (SSSR count). The Hall–Kier alpha value is -0.860. The molecule has 1 saturated heterocycles. The molecule has 1 aliphatic rings. The second-order valence-electron chi connectivity index (χ2n) is 3.55. The van der Waals surface area contributed by atoms with Gasteiger partial charge in [0.15, 0.2) is 5.78 Å². The summed E-state index contributed by atoms with van der Waals surface area (Å²) in [5.74, 6) is 1.36. The van der Waals surface area contributed by atoms with Crippen LogP contribution in [0.5, 0.6) is 0 Å². The minimum absolute atomic E-state index is 0.260. The van der Waals surface area contributed by atoms with Crippen LogP contribution in [0.2, 0.25) is 0 Å².